The monoisotopic (exact) mass is 408 g/mol. The second-order valence-corrected chi connectivity index (χ2v) is 6.15. The van der Waals surface area contributed by atoms with Crippen molar-refractivity contribution in [3.63, 3.8) is 0 Å². The minimum atomic E-state index is -5.89. The van der Waals surface area contributed by atoms with Gasteiger partial charge in [0.05, 0.1) is 12.1 Å². The molecule has 5 nitrogen and oxygen atoms in total. The third kappa shape index (κ3) is 4.04. The highest BCUT2D eigenvalue weighted by atomic mass is 127. The van der Waals surface area contributed by atoms with E-state index in [-0.39, 0.29) is 0 Å². The fourth-order valence-electron chi connectivity index (χ4n) is 1.04. The molecule has 1 amide bonds. The number of carbonyl (C=O) groups is 1. The van der Waals surface area contributed by atoms with Crippen LogP contribution in [0.3, 0.4) is 0 Å². The number of alkyl halides is 2. The Morgan fingerprint density at radius 1 is 1.42 bits per heavy atom. The Morgan fingerprint density at radius 3 is 2.53 bits per heavy atom. The van der Waals surface area contributed by atoms with Crippen molar-refractivity contribution in [3.8, 4) is 0 Å². The van der Waals surface area contributed by atoms with Crippen LogP contribution in [0, 0.1) is 9.39 Å². The van der Waals surface area contributed by atoms with Crippen molar-refractivity contribution in [1.29, 1.82) is 0 Å². The lowest BCUT2D eigenvalue weighted by molar-refractivity contribution is 0.0690. The summed E-state index contributed by atoms with van der Waals surface area (Å²) in [4.78, 5) is 11.4. The highest BCUT2D eigenvalue weighted by Gasteiger charge is 2.38. The molecule has 19 heavy (non-hydrogen) atoms. The summed E-state index contributed by atoms with van der Waals surface area (Å²) in [5.74, 6) is -2.19. The molecule has 0 aliphatic carbocycles. The van der Waals surface area contributed by atoms with Gasteiger partial charge in [0, 0.05) is 3.57 Å². The molecule has 0 heterocycles. The second kappa shape index (κ2) is 5.63. The number of rotatable bonds is 4. The lowest BCUT2D eigenvalue weighted by atomic mass is 10.2. The van der Waals surface area contributed by atoms with E-state index in [1.165, 1.54) is 11.4 Å². The van der Waals surface area contributed by atoms with E-state index in [9.17, 15) is 30.9 Å². The van der Waals surface area contributed by atoms with Crippen LogP contribution in [-0.4, -0.2) is 30.7 Å². The fraction of sp³-hybridized carbons (Fsp3) is 0.222. The maximum absolute atomic E-state index is 13.2. The minimum absolute atomic E-state index is 0.479. The van der Waals surface area contributed by atoms with E-state index >= 15 is 0 Å². The lowest BCUT2D eigenvalue weighted by Crippen LogP contribution is -2.42. The van der Waals surface area contributed by atoms with E-state index in [1.54, 1.807) is 22.6 Å². The zero-order valence-electron chi connectivity index (χ0n) is 8.99. The number of nitrogens with one attached hydrogen (secondary N) is 1. The molecule has 0 aromatic heterocycles. The van der Waals surface area contributed by atoms with Crippen LogP contribution in [0.5, 0.6) is 0 Å². The number of amides is 1. The number of hydrogen-bond acceptors (Lipinski definition) is 4. The first kappa shape index (κ1) is 16.2. The van der Waals surface area contributed by atoms with Crippen molar-refractivity contribution in [3.05, 3.63) is 33.1 Å². The van der Waals surface area contributed by atoms with E-state index in [0.717, 1.165) is 12.1 Å². The molecule has 0 aliphatic rings. The second-order valence-electron chi connectivity index (χ2n) is 3.40. The van der Waals surface area contributed by atoms with Crippen LogP contribution in [-0.2, 0) is 10.1 Å². The molecule has 0 radical (unpaired) electrons. The van der Waals surface area contributed by atoms with Crippen LogP contribution >= 0.6 is 22.6 Å². The molecule has 0 saturated heterocycles. The summed E-state index contributed by atoms with van der Waals surface area (Å²) in [5, 5.41) is -3.15. The zero-order valence-corrected chi connectivity index (χ0v) is 12.0. The summed E-state index contributed by atoms with van der Waals surface area (Å²) in [6, 6.07) is 3.40. The number of benzene rings is 1. The predicted octanol–water partition coefficient (Wildman–Crippen LogP) is 1.30. The van der Waals surface area contributed by atoms with Gasteiger partial charge in [-0.2, -0.15) is 8.78 Å². The fourth-order valence-corrected chi connectivity index (χ4v) is 1.78. The van der Waals surface area contributed by atoms with Crippen molar-refractivity contribution in [2.45, 2.75) is 5.25 Å². The van der Waals surface area contributed by atoms with Gasteiger partial charge in [-0.3, -0.25) is 4.79 Å². The first-order chi connectivity index (χ1) is 8.54. The molecule has 106 valence electrons. The topological polar surface area (TPSA) is 86.3 Å². The number of halogens is 4. The average Bonchev–Trinajstić information content (AvgIpc) is 2.28. The normalized spacial score (nSPS) is 12.3. The van der Waals surface area contributed by atoms with Gasteiger partial charge in [-0.05, 0) is 40.8 Å². The zero-order chi connectivity index (χ0) is 14.8. The third-order valence-corrected chi connectivity index (χ3v) is 3.54. The van der Waals surface area contributed by atoms with Crippen molar-refractivity contribution in [2.75, 3.05) is 6.54 Å². The molecule has 0 spiro atoms. The molecule has 0 fully saturated rings. The van der Waals surface area contributed by atoms with Gasteiger partial charge in [0.15, 0.2) is 10.1 Å². The van der Waals surface area contributed by atoms with E-state index in [0.29, 0.717) is 3.57 Å². The maximum Gasteiger partial charge on any atom is 0.351 e. The van der Waals surface area contributed by atoms with Crippen molar-refractivity contribution in [1.82, 2.24) is 5.32 Å². The van der Waals surface area contributed by atoms with Crippen molar-refractivity contribution in [2.24, 2.45) is 0 Å². The molecular weight excluding hydrogens is 402 g/mol. The summed E-state index contributed by atoms with van der Waals surface area (Å²) < 4.78 is 69.8. The Labute approximate surface area is 120 Å². The summed E-state index contributed by atoms with van der Waals surface area (Å²) in [6.45, 7) is -1.72. The number of carbonyl (C=O) groups excluding carboxylic acids is 1. The van der Waals surface area contributed by atoms with Gasteiger partial charge in [-0.15, -0.1) is 0 Å². The van der Waals surface area contributed by atoms with E-state index in [4.69, 9.17) is 0 Å². The molecule has 1 rings (SSSR count). The summed E-state index contributed by atoms with van der Waals surface area (Å²) in [6.07, 6.45) is 0. The van der Waals surface area contributed by atoms with Gasteiger partial charge in [0.1, 0.15) is 5.82 Å². The SMILES string of the molecule is O=C(NCC(F)(F)S(=O)(=O)[O-])c1cc(I)ccc1F. The smallest absolute Gasteiger partial charge is 0.351 e. The molecular formula is C9H6F3INO4S-. The molecule has 1 N–H and O–H groups in total. The highest BCUT2D eigenvalue weighted by Crippen LogP contribution is 2.19. The first-order valence-electron chi connectivity index (χ1n) is 4.61. The molecule has 0 bridgehead atoms. The molecule has 1 aromatic carbocycles. The van der Waals surface area contributed by atoms with Crippen LogP contribution in [0.25, 0.3) is 0 Å². The molecule has 0 atom stereocenters. The summed E-state index contributed by atoms with van der Waals surface area (Å²) in [5.41, 5.74) is -0.522. The summed E-state index contributed by atoms with van der Waals surface area (Å²) >= 11 is 1.77. The van der Waals surface area contributed by atoms with Gasteiger partial charge < -0.3 is 9.87 Å². The molecule has 0 saturated carbocycles. The standard InChI is InChI=1S/C9H7F3INO4S/c10-7-2-1-5(13)3-6(7)8(15)14-4-9(11,12)19(16,17)18/h1-3H,4H2,(H,14,15)(H,16,17,18)/p-1. The van der Waals surface area contributed by atoms with Crippen LogP contribution in [0.15, 0.2) is 18.2 Å². The molecule has 0 unspecified atom stereocenters. The Kier molecular flexibility index (Phi) is 4.79. The average molecular weight is 408 g/mol. The lowest BCUT2D eigenvalue weighted by Gasteiger charge is -2.20. The van der Waals surface area contributed by atoms with Crippen LogP contribution < -0.4 is 5.32 Å². The van der Waals surface area contributed by atoms with E-state index in [1.807, 2.05) is 0 Å². The first-order valence-corrected chi connectivity index (χ1v) is 7.10. The van der Waals surface area contributed by atoms with E-state index < -0.39 is 39.2 Å². The van der Waals surface area contributed by atoms with Gasteiger partial charge in [-0.25, -0.2) is 12.8 Å². The highest BCUT2D eigenvalue weighted by molar-refractivity contribution is 14.1. The van der Waals surface area contributed by atoms with E-state index in [2.05, 4.69) is 0 Å². The van der Waals surface area contributed by atoms with Gasteiger partial charge in [0.2, 0.25) is 0 Å². The van der Waals surface area contributed by atoms with Crippen LogP contribution in [0.4, 0.5) is 13.2 Å². The number of hydrogen-bond donors (Lipinski definition) is 1. The Morgan fingerprint density at radius 2 is 2.00 bits per heavy atom. The van der Waals surface area contributed by atoms with Gasteiger partial charge in [-0.1, -0.05) is 0 Å². The molecule has 1 aromatic rings. The quantitative estimate of drug-likeness (QED) is 0.601. The predicted molar refractivity (Wildman–Crippen MR) is 66.1 cm³/mol. The Bertz CT molecular complexity index is 605. The largest absolute Gasteiger partial charge is 0.743 e. The Balaban J connectivity index is 2.85. The van der Waals surface area contributed by atoms with Crippen molar-refractivity contribution >= 4 is 38.6 Å². The maximum atomic E-state index is 13.2. The summed E-state index contributed by atoms with van der Waals surface area (Å²) in [7, 11) is -5.89. The molecule has 10 heteroatoms. The van der Waals surface area contributed by atoms with Crippen molar-refractivity contribution < 1.29 is 30.9 Å². The molecule has 0 aliphatic heterocycles. The van der Waals surface area contributed by atoms with Gasteiger partial charge >= 0.3 is 5.25 Å². The minimum Gasteiger partial charge on any atom is -0.743 e. The Hall–Kier alpha value is -0.880. The van der Waals surface area contributed by atoms with Crippen LogP contribution in [0.1, 0.15) is 10.4 Å². The van der Waals surface area contributed by atoms with Crippen LogP contribution in [0.2, 0.25) is 0 Å². The van der Waals surface area contributed by atoms with Gasteiger partial charge in [0.25, 0.3) is 5.91 Å². The third-order valence-electron chi connectivity index (χ3n) is 1.99.